The lowest BCUT2D eigenvalue weighted by molar-refractivity contribution is -0.144. The molecule has 0 radical (unpaired) electrons. The monoisotopic (exact) mass is 349 g/mol. The predicted molar refractivity (Wildman–Crippen MR) is 90.4 cm³/mol. The van der Waals surface area contributed by atoms with Crippen LogP contribution in [0.3, 0.4) is 0 Å². The summed E-state index contributed by atoms with van der Waals surface area (Å²) in [6.45, 7) is 0.735. The van der Waals surface area contributed by atoms with E-state index in [9.17, 15) is 14.4 Å². The minimum Gasteiger partial charge on any atom is -0.497 e. The van der Waals surface area contributed by atoms with Crippen LogP contribution in [0, 0.1) is 0 Å². The molecule has 8 heteroatoms. The van der Waals surface area contributed by atoms with Crippen molar-refractivity contribution in [3.8, 4) is 11.5 Å². The number of nitrogens with zero attached hydrogens (tertiary/aromatic N) is 1. The topological polar surface area (TPSA) is 97.0 Å². The van der Waals surface area contributed by atoms with Crippen molar-refractivity contribution in [2.45, 2.75) is 18.9 Å². The van der Waals surface area contributed by atoms with Crippen LogP contribution in [0.5, 0.6) is 11.5 Å². The molecule has 136 valence electrons. The van der Waals surface area contributed by atoms with E-state index >= 15 is 0 Å². The third kappa shape index (κ3) is 4.40. The number of benzene rings is 1. The summed E-state index contributed by atoms with van der Waals surface area (Å²) in [5.74, 6) is 0.332. The zero-order valence-electron chi connectivity index (χ0n) is 14.6. The Balaban J connectivity index is 2.17. The van der Waals surface area contributed by atoms with E-state index in [0.717, 1.165) is 0 Å². The van der Waals surface area contributed by atoms with E-state index in [2.05, 4.69) is 10.6 Å². The lowest BCUT2D eigenvalue weighted by Crippen LogP contribution is -2.58. The maximum absolute atomic E-state index is 12.7. The van der Waals surface area contributed by atoms with Gasteiger partial charge in [0.15, 0.2) is 0 Å². The average Bonchev–Trinajstić information content (AvgIpc) is 2.63. The van der Waals surface area contributed by atoms with Gasteiger partial charge in [0, 0.05) is 31.8 Å². The average molecular weight is 349 g/mol. The van der Waals surface area contributed by atoms with Crippen LogP contribution in [0.4, 0.5) is 0 Å². The number of carbonyl (C=O) groups is 3. The van der Waals surface area contributed by atoms with Gasteiger partial charge in [-0.3, -0.25) is 14.4 Å². The Morgan fingerprint density at radius 3 is 2.72 bits per heavy atom. The Bertz CT molecular complexity index is 662. The standard InChI is InChI=1S/C17H23N3O5/c1-18-15(21)10-13-17(23)19-6-7-20(13)16(22)8-11-4-5-12(24-2)9-14(11)25-3/h4-5,9,13H,6-8,10H2,1-3H3,(H,18,21)(H,19,23)/t13-/m1/s1. The molecule has 0 bridgehead atoms. The van der Waals surface area contributed by atoms with Crippen molar-refractivity contribution in [1.82, 2.24) is 15.5 Å². The number of hydrogen-bond donors (Lipinski definition) is 2. The maximum atomic E-state index is 12.7. The number of methoxy groups -OCH3 is 2. The fourth-order valence-corrected chi connectivity index (χ4v) is 2.76. The Hall–Kier alpha value is -2.77. The highest BCUT2D eigenvalue weighted by Gasteiger charge is 2.34. The quantitative estimate of drug-likeness (QED) is 0.736. The first-order chi connectivity index (χ1) is 12.0. The molecular weight excluding hydrogens is 326 g/mol. The van der Waals surface area contributed by atoms with Crippen LogP contribution in [0.2, 0.25) is 0 Å². The fourth-order valence-electron chi connectivity index (χ4n) is 2.76. The molecule has 1 atom stereocenters. The van der Waals surface area contributed by atoms with Gasteiger partial charge in [0.1, 0.15) is 17.5 Å². The first kappa shape index (κ1) is 18.6. The zero-order chi connectivity index (χ0) is 18.4. The fraction of sp³-hybridized carbons (Fsp3) is 0.471. The molecule has 1 aliphatic rings. The molecule has 0 unspecified atom stereocenters. The smallest absolute Gasteiger partial charge is 0.243 e. The molecule has 1 aliphatic heterocycles. The van der Waals surface area contributed by atoms with E-state index in [4.69, 9.17) is 9.47 Å². The second-order valence-electron chi connectivity index (χ2n) is 5.63. The Morgan fingerprint density at radius 1 is 1.32 bits per heavy atom. The van der Waals surface area contributed by atoms with Crippen molar-refractivity contribution in [2.24, 2.45) is 0 Å². The lowest BCUT2D eigenvalue weighted by Gasteiger charge is -2.34. The van der Waals surface area contributed by atoms with Gasteiger partial charge in [-0.05, 0) is 6.07 Å². The number of hydrogen-bond acceptors (Lipinski definition) is 5. The summed E-state index contributed by atoms with van der Waals surface area (Å²) in [5, 5.41) is 5.18. The molecule has 0 saturated carbocycles. The molecular formula is C17H23N3O5. The van der Waals surface area contributed by atoms with Crippen LogP contribution < -0.4 is 20.1 Å². The van der Waals surface area contributed by atoms with E-state index in [1.54, 1.807) is 25.3 Å². The Kier molecular flexibility index (Phi) is 6.21. The third-order valence-corrected chi connectivity index (χ3v) is 4.14. The summed E-state index contributed by atoms with van der Waals surface area (Å²) in [4.78, 5) is 38.0. The van der Waals surface area contributed by atoms with Crippen molar-refractivity contribution in [1.29, 1.82) is 0 Å². The van der Waals surface area contributed by atoms with E-state index in [1.165, 1.54) is 19.1 Å². The molecule has 3 amide bonds. The molecule has 25 heavy (non-hydrogen) atoms. The molecule has 0 spiro atoms. The summed E-state index contributed by atoms with van der Waals surface area (Å²) in [6, 6.07) is 4.40. The first-order valence-corrected chi connectivity index (χ1v) is 7.98. The molecule has 1 heterocycles. The molecule has 2 rings (SSSR count). The van der Waals surface area contributed by atoms with Crippen molar-refractivity contribution < 1.29 is 23.9 Å². The van der Waals surface area contributed by atoms with Gasteiger partial charge in [-0.1, -0.05) is 6.07 Å². The molecule has 0 aliphatic carbocycles. The predicted octanol–water partition coefficient (Wildman–Crippen LogP) is -0.291. The zero-order valence-corrected chi connectivity index (χ0v) is 14.6. The SMILES string of the molecule is CNC(=O)C[C@@H]1C(=O)NCCN1C(=O)Cc1ccc(OC)cc1OC. The van der Waals surface area contributed by atoms with Crippen LogP contribution >= 0.6 is 0 Å². The van der Waals surface area contributed by atoms with Crippen LogP contribution in [0.15, 0.2) is 18.2 Å². The van der Waals surface area contributed by atoms with Crippen LogP contribution in [-0.2, 0) is 20.8 Å². The van der Waals surface area contributed by atoms with Gasteiger partial charge in [0.25, 0.3) is 0 Å². The minimum absolute atomic E-state index is 0.0617. The van der Waals surface area contributed by atoms with Gasteiger partial charge in [-0.15, -0.1) is 0 Å². The van der Waals surface area contributed by atoms with Gasteiger partial charge < -0.3 is 25.0 Å². The highest BCUT2D eigenvalue weighted by atomic mass is 16.5. The molecule has 2 N–H and O–H groups in total. The molecule has 1 aromatic rings. The second-order valence-corrected chi connectivity index (χ2v) is 5.63. The van der Waals surface area contributed by atoms with Gasteiger partial charge in [0.2, 0.25) is 17.7 Å². The summed E-state index contributed by atoms with van der Waals surface area (Å²) in [7, 11) is 4.57. The van der Waals surface area contributed by atoms with Gasteiger partial charge >= 0.3 is 0 Å². The summed E-state index contributed by atoms with van der Waals surface area (Å²) in [6.07, 6.45) is 0.0124. The summed E-state index contributed by atoms with van der Waals surface area (Å²) in [5.41, 5.74) is 0.693. The number of nitrogens with one attached hydrogen (secondary N) is 2. The molecule has 1 aromatic carbocycles. The Labute approximate surface area is 146 Å². The third-order valence-electron chi connectivity index (χ3n) is 4.14. The molecule has 8 nitrogen and oxygen atoms in total. The Morgan fingerprint density at radius 2 is 2.08 bits per heavy atom. The first-order valence-electron chi connectivity index (χ1n) is 7.98. The van der Waals surface area contributed by atoms with Crippen molar-refractivity contribution in [3.63, 3.8) is 0 Å². The molecule has 0 aromatic heterocycles. The highest BCUT2D eigenvalue weighted by molar-refractivity contribution is 5.93. The van der Waals surface area contributed by atoms with Crippen molar-refractivity contribution in [2.75, 3.05) is 34.4 Å². The summed E-state index contributed by atoms with van der Waals surface area (Å²) < 4.78 is 10.5. The van der Waals surface area contributed by atoms with E-state index < -0.39 is 6.04 Å². The van der Waals surface area contributed by atoms with Gasteiger partial charge in [-0.2, -0.15) is 0 Å². The lowest BCUT2D eigenvalue weighted by atomic mass is 10.0. The van der Waals surface area contributed by atoms with Crippen molar-refractivity contribution in [3.05, 3.63) is 23.8 Å². The van der Waals surface area contributed by atoms with E-state index in [-0.39, 0.29) is 30.6 Å². The highest BCUT2D eigenvalue weighted by Crippen LogP contribution is 2.25. The molecule has 1 saturated heterocycles. The summed E-state index contributed by atoms with van der Waals surface area (Å²) >= 11 is 0. The molecule has 1 fully saturated rings. The second kappa shape index (κ2) is 8.36. The van der Waals surface area contributed by atoms with Crippen molar-refractivity contribution >= 4 is 17.7 Å². The van der Waals surface area contributed by atoms with Crippen LogP contribution in [0.25, 0.3) is 0 Å². The minimum atomic E-state index is -0.801. The van der Waals surface area contributed by atoms with Gasteiger partial charge in [0.05, 0.1) is 27.1 Å². The van der Waals surface area contributed by atoms with Crippen LogP contribution in [0.1, 0.15) is 12.0 Å². The van der Waals surface area contributed by atoms with Crippen LogP contribution in [-0.4, -0.2) is 63.0 Å². The number of ether oxygens (including phenoxy) is 2. The largest absolute Gasteiger partial charge is 0.497 e. The number of amides is 3. The van der Waals surface area contributed by atoms with E-state index in [1.807, 2.05) is 0 Å². The number of carbonyl (C=O) groups excluding carboxylic acids is 3. The maximum Gasteiger partial charge on any atom is 0.243 e. The number of rotatable bonds is 6. The van der Waals surface area contributed by atoms with E-state index in [0.29, 0.717) is 30.2 Å². The number of piperazine rings is 1. The van der Waals surface area contributed by atoms with Gasteiger partial charge in [-0.25, -0.2) is 0 Å². The normalized spacial score (nSPS) is 16.8.